The highest BCUT2D eigenvalue weighted by Crippen LogP contribution is 2.42. The summed E-state index contributed by atoms with van der Waals surface area (Å²) in [4.78, 5) is 28.0. The molecule has 3 aromatic carbocycles. The van der Waals surface area contributed by atoms with E-state index < -0.39 is 33.5 Å². The quantitative estimate of drug-likeness (QED) is 0.380. The highest BCUT2D eigenvalue weighted by atomic mass is 32.2. The zero-order valence-corrected chi connectivity index (χ0v) is 19.7. The third-order valence-corrected chi connectivity index (χ3v) is 6.91. The number of aliphatic hydroxyl groups excluding tert-OH is 1. The second-order valence-corrected chi connectivity index (χ2v) is 9.69. The van der Waals surface area contributed by atoms with Crippen molar-refractivity contribution in [1.29, 1.82) is 0 Å². The Kier molecular flexibility index (Phi) is 5.62. The van der Waals surface area contributed by atoms with E-state index in [1.54, 1.807) is 54.6 Å². The fourth-order valence-electron chi connectivity index (χ4n) is 4.23. The van der Waals surface area contributed by atoms with Crippen molar-refractivity contribution in [2.45, 2.75) is 10.9 Å². The zero-order chi connectivity index (χ0) is 25.6. The van der Waals surface area contributed by atoms with E-state index in [-0.39, 0.29) is 21.9 Å². The number of aliphatic hydroxyl groups is 1. The number of anilines is 1. The van der Waals surface area contributed by atoms with Gasteiger partial charge in [0.1, 0.15) is 11.3 Å². The molecule has 9 nitrogen and oxygen atoms in total. The Morgan fingerprint density at radius 3 is 2.31 bits per heavy atom. The minimum Gasteiger partial charge on any atom is -0.503 e. The minimum absolute atomic E-state index is 0.0320. The predicted molar refractivity (Wildman–Crippen MR) is 131 cm³/mol. The summed E-state index contributed by atoms with van der Waals surface area (Å²) >= 11 is 0. The number of ether oxygens (including phenoxy) is 1. The van der Waals surface area contributed by atoms with Gasteiger partial charge in [-0.25, -0.2) is 13.6 Å². The molecule has 0 saturated carbocycles. The van der Waals surface area contributed by atoms with E-state index in [1.165, 1.54) is 36.3 Å². The van der Waals surface area contributed by atoms with Gasteiger partial charge < -0.3 is 14.3 Å². The third kappa shape index (κ3) is 3.92. The highest BCUT2D eigenvalue weighted by molar-refractivity contribution is 7.89. The molecule has 0 saturated heterocycles. The number of nitrogens with two attached hydrogens (primary N) is 1. The number of carbonyl (C=O) groups is 2. The molecule has 3 N–H and O–H groups in total. The molecule has 0 spiro atoms. The molecule has 1 aliphatic rings. The summed E-state index contributed by atoms with van der Waals surface area (Å²) in [6, 6.07) is 19.5. The van der Waals surface area contributed by atoms with Crippen molar-refractivity contribution >= 4 is 38.4 Å². The Morgan fingerprint density at radius 1 is 1.03 bits per heavy atom. The lowest BCUT2D eigenvalue weighted by Gasteiger charge is -2.27. The Bertz CT molecular complexity index is 1600. The van der Waals surface area contributed by atoms with Crippen molar-refractivity contribution in [2.75, 3.05) is 12.0 Å². The molecule has 0 bridgehead atoms. The maximum absolute atomic E-state index is 13.6. The maximum atomic E-state index is 13.6. The molecule has 1 aromatic heterocycles. The lowest BCUT2D eigenvalue weighted by molar-refractivity contribution is -0.117. The van der Waals surface area contributed by atoms with Gasteiger partial charge in [-0.15, -0.1) is 0 Å². The Labute approximate surface area is 206 Å². The summed E-state index contributed by atoms with van der Waals surface area (Å²) in [5.74, 6) is -1.67. The number of nitrogens with zero attached hydrogens (tertiary/aromatic N) is 1. The molecule has 182 valence electrons. The van der Waals surface area contributed by atoms with Crippen LogP contribution in [-0.4, -0.2) is 32.3 Å². The average molecular weight is 505 g/mol. The number of Topliss-reactive ketones (excluding diaryl/α,β-unsaturated/α-hetero) is 1. The van der Waals surface area contributed by atoms with Crippen molar-refractivity contribution in [3.05, 3.63) is 102 Å². The van der Waals surface area contributed by atoms with Gasteiger partial charge in [0, 0.05) is 11.1 Å². The second-order valence-electron chi connectivity index (χ2n) is 8.13. The standard InChI is InChI=1S/C26H20N2O7S/c1-34-18-10-6-15(7-11-18)23-22(24(29)21-14-16-4-2-3-5-20(16)35-21)25(30)26(31)28(23)17-8-12-19(13-9-17)36(27,32)33/h2-14,23,30H,1H3,(H2,27,32,33). The molecular weight excluding hydrogens is 484 g/mol. The third-order valence-electron chi connectivity index (χ3n) is 5.98. The number of amides is 1. The van der Waals surface area contributed by atoms with Crippen LogP contribution in [0.1, 0.15) is 22.2 Å². The summed E-state index contributed by atoms with van der Waals surface area (Å²) in [7, 11) is -2.45. The molecule has 0 radical (unpaired) electrons. The zero-order valence-electron chi connectivity index (χ0n) is 18.9. The molecule has 1 amide bonds. The number of ketones is 1. The van der Waals surface area contributed by atoms with Crippen molar-refractivity contribution in [3.8, 4) is 5.75 Å². The number of hydrogen-bond acceptors (Lipinski definition) is 7. The van der Waals surface area contributed by atoms with Gasteiger partial charge >= 0.3 is 0 Å². The van der Waals surface area contributed by atoms with Gasteiger partial charge in [0.2, 0.25) is 15.8 Å². The molecule has 2 heterocycles. The molecule has 4 aromatic rings. The summed E-state index contributed by atoms with van der Waals surface area (Å²) in [5.41, 5.74) is 1.09. The lowest BCUT2D eigenvalue weighted by atomic mass is 9.94. The smallest absolute Gasteiger partial charge is 0.294 e. The van der Waals surface area contributed by atoms with Crippen molar-refractivity contribution in [3.63, 3.8) is 0 Å². The van der Waals surface area contributed by atoms with Gasteiger partial charge in [-0.3, -0.25) is 14.5 Å². The first-order chi connectivity index (χ1) is 17.2. The van der Waals surface area contributed by atoms with E-state index >= 15 is 0 Å². The van der Waals surface area contributed by atoms with E-state index in [2.05, 4.69) is 0 Å². The number of hydrogen-bond donors (Lipinski definition) is 2. The SMILES string of the molecule is COc1ccc(C2C(C(=O)c3cc4ccccc4o3)=C(O)C(=O)N2c2ccc(S(N)(=O)=O)cc2)cc1. The summed E-state index contributed by atoms with van der Waals surface area (Å²) in [5, 5.41) is 16.8. The average Bonchev–Trinajstić information content (AvgIpc) is 3.42. The van der Waals surface area contributed by atoms with Crippen LogP contribution in [0.3, 0.4) is 0 Å². The number of fused-ring (bicyclic) bond motifs is 1. The van der Waals surface area contributed by atoms with E-state index in [4.69, 9.17) is 14.3 Å². The molecule has 36 heavy (non-hydrogen) atoms. The molecular formula is C26H20N2O7S. The fourth-order valence-corrected chi connectivity index (χ4v) is 4.74. The minimum atomic E-state index is -3.96. The van der Waals surface area contributed by atoms with Crippen LogP contribution in [0.4, 0.5) is 5.69 Å². The summed E-state index contributed by atoms with van der Waals surface area (Å²) in [6.45, 7) is 0. The Hall–Kier alpha value is -4.41. The normalized spacial score (nSPS) is 16.1. The number of methoxy groups -OCH3 is 1. The summed E-state index contributed by atoms with van der Waals surface area (Å²) in [6.07, 6.45) is 0. The van der Waals surface area contributed by atoms with Gasteiger partial charge in [-0.1, -0.05) is 30.3 Å². The van der Waals surface area contributed by atoms with Crippen LogP contribution < -0.4 is 14.8 Å². The second kappa shape index (κ2) is 8.67. The van der Waals surface area contributed by atoms with Crippen LogP contribution >= 0.6 is 0 Å². The molecule has 0 fully saturated rings. The lowest BCUT2D eigenvalue weighted by Crippen LogP contribution is -2.31. The van der Waals surface area contributed by atoms with Gasteiger partial charge in [0.15, 0.2) is 11.5 Å². The number of furan rings is 1. The van der Waals surface area contributed by atoms with Gasteiger partial charge in [-0.05, 0) is 54.1 Å². The molecule has 10 heteroatoms. The molecule has 1 aliphatic heterocycles. The first-order valence-corrected chi connectivity index (χ1v) is 12.3. The highest BCUT2D eigenvalue weighted by Gasteiger charge is 2.45. The monoisotopic (exact) mass is 504 g/mol. The number of sulfonamides is 1. The number of carbonyl (C=O) groups excluding carboxylic acids is 2. The van der Waals surface area contributed by atoms with Crippen LogP contribution in [0.2, 0.25) is 0 Å². The van der Waals surface area contributed by atoms with Crippen molar-refractivity contribution in [2.24, 2.45) is 5.14 Å². The topological polar surface area (TPSA) is 140 Å². The largest absolute Gasteiger partial charge is 0.503 e. The van der Waals surface area contributed by atoms with E-state index in [9.17, 15) is 23.1 Å². The van der Waals surface area contributed by atoms with Crippen LogP contribution in [0.15, 0.2) is 99.5 Å². The molecule has 5 rings (SSSR count). The number of benzene rings is 3. The fraction of sp³-hybridized carbons (Fsp3) is 0.0769. The number of para-hydroxylation sites is 1. The van der Waals surface area contributed by atoms with Crippen molar-refractivity contribution in [1.82, 2.24) is 0 Å². The van der Waals surface area contributed by atoms with Gasteiger partial charge in [0.05, 0.1) is 23.6 Å². The van der Waals surface area contributed by atoms with Gasteiger partial charge in [0.25, 0.3) is 5.91 Å². The first-order valence-electron chi connectivity index (χ1n) is 10.8. The predicted octanol–water partition coefficient (Wildman–Crippen LogP) is 3.87. The Morgan fingerprint density at radius 2 is 1.69 bits per heavy atom. The first kappa shape index (κ1) is 23.3. The van der Waals surface area contributed by atoms with E-state index in [0.717, 1.165) is 0 Å². The maximum Gasteiger partial charge on any atom is 0.294 e. The van der Waals surface area contributed by atoms with Crippen LogP contribution in [0, 0.1) is 0 Å². The summed E-state index contributed by atoms with van der Waals surface area (Å²) < 4.78 is 34.3. The van der Waals surface area contributed by atoms with Crippen LogP contribution in [0.5, 0.6) is 5.75 Å². The van der Waals surface area contributed by atoms with Gasteiger partial charge in [-0.2, -0.15) is 0 Å². The number of primary sulfonamides is 1. The van der Waals surface area contributed by atoms with Crippen LogP contribution in [0.25, 0.3) is 11.0 Å². The van der Waals surface area contributed by atoms with E-state index in [0.29, 0.717) is 22.3 Å². The van der Waals surface area contributed by atoms with E-state index in [1.807, 2.05) is 0 Å². The molecule has 1 atom stereocenters. The Balaban J connectivity index is 1.64. The molecule has 1 unspecified atom stereocenters. The molecule has 0 aliphatic carbocycles. The number of rotatable bonds is 6. The van der Waals surface area contributed by atoms with Crippen molar-refractivity contribution < 1.29 is 32.3 Å². The van der Waals surface area contributed by atoms with Crippen LogP contribution in [-0.2, 0) is 14.8 Å².